The summed E-state index contributed by atoms with van der Waals surface area (Å²) >= 11 is 0. The van der Waals surface area contributed by atoms with Crippen LogP contribution in [0.2, 0.25) is 0 Å². The molecule has 1 aromatic heterocycles. The van der Waals surface area contributed by atoms with Crippen molar-refractivity contribution in [2.75, 3.05) is 19.9 Å². The van der Waals surface area contributed by atoms with Gasteiger partial charge in [-0.05, 0) is 60.9 Å². The van der Waals surface area contributed by atoms with Gasteiger partial charge in [-0.3, -0.25) is 9.59 Å². The highest BCUT2D eigenvalue weighted by Crippen LogP contribution is 2.37. The topological polar surface area (TPSA) is 72.2 Å². The molecule has 5 rings (SSSR count). The van der Waals surface area contributed by atoms with Crippen molar-refractivity contribution in [1.82, 2.24) is 9.80 Å². The number of likely N-dealkylation sites (tertiary alicyclic amines) is 1. The van der Waals surface area contributed by atoms with Crippen molar-refractivity contribution in [1.29, 1.82) is 0 Å². The quantitative estimate of drug-likeness (QED) is 0.638. The lowest BCUT2D eigenvalue weighted by Gasteiger charge is -2.44. The van der Waals surface area contributed by atoms with E-state index in [1.165, 1.54) is 12.7 Å². The molecule has 3 heterocycles. The third-order valence-electron chi connectivity index (χ3n) is 8.00. The van der Waals surface area contributed by atoms with Crippen molar-refractivity contribution in [2.45, 2.75) is 58.5 Å². The summed E-state index contributed by atoms with van der Waals surface area (Å²) in [5, 5.41) is 0. The third kappa shape index (κ3) is 4.52. The number of hydrogen-bond acceptors (Lipinski definition) is 5. The normalized spacial score (nSPS) is 24.8. The molecule has 0 N–H and O–H groups in total. The molecule has 1 aromatic carbocycles. The van der Waals surface area contributed by atoms with Gasteiger partial charge in [0.1, 0.15) is 0 Å². The lowest BCUT2D eigenvalue weighted by Crippen LogP contribution is -2.51. The first-order chi connectivity index (χ1) is 16.5. The molecule has 1 aliphatic carbocycles. The molecule has 2 aliphatic heterocycles. The first-order valence-electron chi connectivity index (χ1n) is 12.5. The molecule has 1 saturated carbocycles. The van der Waals surface area contributed by atoms with Gasteiger partial charge in [-0.2, -0.15) is 0 Å². The maximum Gasteiger partial charge on any atom is 0.289 e. The number of hydrogen-bond donors (Lipinski definition) is 0. The zero-order valence-electron chi connectivity index (χ0n) is 20.1. The number of carbonyl (C=O) groups is 2. The molecule has 2 amide bonds. The Morgan fingerprint density at radius 1 is 1.03 bits per heavy atom. The highest BCUT2D eigenvalue weighted by molar-refractivity contribution is 5.91. The minimum atomic E-state index is -0.0946. The van der Waals surface area contributed by atoms with E-state index in [9.17, 15) is 9.59 Å². The van der Waals surface area contributed by atoms with E-state index in [4.69, 9.17) is 13.9 Å². The fraction of sp³-hybridized carbons (Fsp3) is 0.556. The Labute approximate surface area is 201 Å². The molecule has 0 radical (unpaired) electrons. The maximum absolute atomic E-state index is 13.9. The van der Waals surface area contributed by atoms with Crippen molar-refractivity contribution >= 4 is 11.8 Å². The molecule has 34 heavy (non-hydrogen) atoms. The second-order valence-electron chi connectivity index (χ2n) is 10.0. The van der Waals surface area contributed by atoms with Gasteiger partial charge in [0.2, 0.25) is 12.7 Å². The first kappa shape index (κ1) is 22.8. The smallest absolute Gasteiger partial charge is 0.289 e. The van der Waals surface area contributed by atoms with Gasteiger partial charge in [0.25, 0.3) is 5.91 Å². The summed E-state index contributed by atoms with van der Waals surface area (Å²) in [4.78, 5) is 30.5. The molecule has 182 valence electrons. The average molecular weight is 467 g/mol. The Balaban J connectivity index is 1.31. The summed E-state index contributed by atoms with van der Waals surface area (Å²) < 4.78 is 16.3. The molecule has 3 unspecified atom stereocenters. The van der Waals surface area contributed by atoms with Gasteiger partial charge < -0.3 is 23.7 Å². The van der Waals surface area contributed by atoms with Gasteiger partial charge in [-0.1, -0.05) is 32.8 Å². The van der Waals surface area contributed by atoms with Gasteiger partial charge in [0.15, 0.2) is 17.3 Å². The Morgan fingerprint density at radius 2 is 1.82 bits per heavy atom. The van der Waals surface area contributed by atoms with Gasteiger partial charge in [0, 0.05) is 31.6 Å². The Bertz CT molecular complexity index is 1010. The van der Waals surface area contributed by atoms with Crippen LogP contribution in [-0.4, -0.2) is 47.5 Å². The predicted octanol–water partition coefficient (Wildman–Crippen LogP) is 4.71. The zero-order chi connectivity index (χ0) is 23.7. The van der Waals surface area contributed by atoms with E-state index in [0.29, 0.717) is 50.1 Å². The summed E-state index contributed by atoms with van der Waals surface area (Å²) in [6, 6.07) is 9.62. The van der Waals surface area contributed by atoms with E-state index < -0.39 is 0 Å². The highest BCUT2D eigenvalue weighted by Gasteiger charge is 2.38. The van der Waals surface area contributed by atoms with Gasteiger partial charge in [-0.25, -0.2) is 0 Å². The van der Waals surface area contributed by atoms with Crippen LogP contribution in [0.1, 0.15) is 62.1 Å². The largest absolute Gasteiger partial charge is 0.459 e. The number of nitrogens with zero attached hydrogens (tertiary/aromatic N) is 2. The van der Waals surface area contributed by atoms with E-state index in [-0.39, 0.29) is 30.6 Å². The molecule has 0 spiro atoms. The van der Waals surface area contributed by atoms with Crippen LogP contribution in [0.4, 0.5) is 0 Å². The number of amides is 2. The Hall–Kier alpha value is -2.96. The number of ether oxygens (including phenoxy) is 2. The molecule has 7 heteroatoms. The molecule has 1 saturated heterocycles. The van der Waals surface area contributed by atoms with Crippen molar-refractivity contribution < 1.29 is 23.5 Å². The van der Waals surface area contributed by atoms with Crippen molar-refractivity contribution in [3.8, 4) is 11.5 Å². The first-order valence-corrected chi connectivity index (χ1v) is 12.5. The monoisotopic (exact) mass is 466 g/mol. The molecule has 0 bridgehead atoms. The number of piperidine rings is 1. The molecule has 2 fully saturated rings. The van der Waals surface area contributed by atoms with E-state index in [1.807, 2.05) is 18.2 Å². The Morgan fingerprint density at radius 3 is 2.59 bits per heavy atom. The van der Waals surface area contributed by atoms with Crippen LogP contribution in [0.15, 0.2) is 41.0 Å². The predicted molar refractivity (Wildman–Crippen MR) is 126 cm³/mol. The molecular formula is C27H34N2O5. The number of benzene rings is 1. The lowest BCUT2D eigenvalue weighted by molar-refractivity contribution is -0.142. The minimum absolute atomic E-state index is 0.0703. The maximum atomic E-state index is 13.9. The fourth-order valence-corrected chi connectivity index (χ4v) is 5.71. The minimum Gasteiger partial charge on any atom is -0.459 e. The number of fused-ring (bicyclic) bond motifs is 1. The van der Waals surface area contributed by atoms with Gasteiger partial charge in [-0.15, -0.1) is 0 Å². The van der Waals surface area contributed by atoms with Crippen LogP contribution in [-0.2, 0) is 11.3 Å². The van der Waals surface area contributed by atoms with Crippen molar-refractivity contribution in [3.63, 3.8) is 0 Å². The molecule has 3 atom stereocenters. The van der Waals surface area contributed by atoms with Gasteiger partial charge >= 0.3 is 0 Å². The summed E-state index contributed by atoms with van der Waals surface area (Å²) in [7, 11) is 0. The molecular weight excluding hydrogens is 432 g/mol. The summed E-state index contributed by atoms with van der Waals surface area (Å²) in [5.41, 5.74) is 1.06. The molecule has 7 nitrogen and oxygen atoms in total. The average Bonchev–Trinajstić information content (AvgIpc) is 3.56. The highest BCUT2D eigenvalue weighted by atomic mass is 16.7. The second-order valence-corrected chi connectivity index (χ2v) is 10.0. The third-order valence-corrected chi connectivity index (χ3v) is 8.00. The lowest BCUT2D eigenvalue weighted by atomic mass is 9.76. The summed E-state index contributed by atoms with van der Waals surface area (Å²) in [6.07, 6.45) is 6.29. The molecule has 2 aromatic rings. The van der Waals surface area contributed by atoms with Crippen LogP contribution in [0.3, 0.4) is 0 Å². The molecule has 3 aliphatic rings. The van der Waals surface area contributed by atoms with Crippen molar-refractivity contribution in [2.24, 2.45) is 17.8 Å². The summed E-state index contributed by atoms with van der Waals surface area (Å²) in [6.45, 7) is 6.56. The van der Waals surface area contributed by atoms with Crippen LogP contribution >= 0.6 is 0 Å². The fourth-order valence-electron chi connectivity index (χ4n) is 5.71. The van der Waals surface area contributed by atoms with Crippen molar-refractivity contribution in [3.05, 3.63) is 47.9 Å². The SMILES string of the molecule is CC1CCCC(N(Cc2ccc3c(c2)OCO3)C(=O)C2CCN(C(=O)c3ccco3)CC2)C1C. The van der Waals surface area contributed by atoms with E-state index in [0.717, 1.165) is 29.9 Å². The van der Waals surface area contributed by atoms with Crippen LogP contribution in [0, 0.1) is 17.8 Å². The summed E-state index contributed by atoms with van der Waals surface area (Å²) in [5.74, 6) is 2.97. The van der Waals surface area contributed by atoms with Crippen LogP contribution in [0.5, 0.6) is 11.5 Å². The Kier molecular flexibility index (Phi) is 6.53. The van der Waals surface area contributed by atoms with E-state index in [2.05, 4.69) is 18.7 Å². The standard InChI is InChI=1S/C27H34N2O5/c1-18-5-3-6-22(19(18)2)29(16-20-8-9-23-25(15-20)34-17-33-23)26(30)21-10-12-28(13-11-21)27(31)24-7-4-14-32-24/h4,7-9,14-15,18-19,21-22H,3,5-6,10-13,16-17H2,1-2H3. The van der Waals surface area contributed by atoms with Gasteiger partial charge in [0.05, 0.1) is 6.26 Å². The number of rotatable bonds is 5. The second kappa shape index (κ2) is 9.72. The number of furan rings is 1. The zero-order valence-corrected chi connectivity index (χ0v) is 20.1. The van der Waals surface area contributed by atoms with Crippen LogP contribution in [0.25, 0.3) is 0 Å². The van der Waals surface area contributed by atoms with E-state index >= 15 is 0 Å². The van der Waals surface area contributed by atoms with Crippen LogP contribution < -0.4 is 9.47 Å². The number of carbonyl (C=O) groups excluding carboxylic acids is 2. The van der Waals surface area contributed by atoms with E-state index in [1.54, 1.807) is 17.0 Å².